The Bertz CT molecular complexity index is 130. The van der Waals surface area contributed by atoms with E-state index in [2.05, 4.69) is 0 Å². The molecule has 0 aromatic rings. The lowest BCUT2D eigenvalue weighted by molar-refractivity contribution is 0.110. The standard InChI is InChI=1S/C14H28O/c1-13(15)14-11-9-7-5-3-2-4-6-8-10-12-14/h13-15H,2-12H2,1H3/t13-/m1/s1. The number of aliphatic hydroxyl groups excluding tert-OH is 1. The quantitative estimate of drug-likeness (QED) is 0.687. The van der Waals surface area contributed by atoms with Crippen LogP contribution < -0.4 is 0 Å². The largest absolute Gasteiger partial charge is 0.393 e. The lowest BCUT2D eigenvalue weighted by Gasteiger charge is -2.20. The van der Waals surface area contributed by atoms with Gasteiger partial charge in [-0.25, -0.2) is 0 Å². The van der Waals surface area contributed by atoms with Gasteiger partial charge in [0.2, 0.25) is 0 Å². The molecular formula is C14H28O. The van der Waals surface area contributed by atoms with Crippen LogP contribution in [-0.2, 0) is 0 Å². The minimum atomic E-state index is -0.0899. The van der Waals surface area contributed by atoms with Crippen molar-refractivity contribution in [3.05, 3.63) is 0 Å². The molecule has 90 valence electrons. The summed E-state index contributed by atoms with van der Waals surface area (Å²) in [6, 6.07) is 0. The monoisotopic (exact) mass is 212 g/mol. The maximum Gasteiger partial charge on any atom is 0.0540 e. The fourth-order valence-corrected chi connectivity index (χ4v) is 2.68. The van der Waals surface area contributed by atoms with E-state index in [0.717, 1.165) is 0 Å². The summed E-state index contributed by atoms with van der Waals surface area (Å²) in [6.07, 6.45) is 14.9. The van der Waals surface area contributed by atoms with Gasteiger partial charge in [-0.3, -0.25) is 0 Å². The Balaban J connectivity index is 2.25. The van der Waals surface area contributed by atoms with Crippen LogP contribution in [0.3, 0.4) is 0 Å². The zero-order chi connectivity index (χ0) is 10.9. The zero-order valence-electron chi connectivity index (χ0n) is 10.4. The van der Waals surface area contributed by atoms with Crippen LogP contribution in [0.25, 0.3) is 0 Å². The first-order chi connectivity index (χ1) is 7.30. The second kappa shape index (κ2) is 8.15. The van der Waals surface area contributed by atoms with Gasteiger partial charge in [0.05, 0.1) is 6.10 Å². The molecule has 0 aliphatic heterocycles. The minimum Gasteiger partial charge on any atom is -0.393 e. The van der Waals surface area contributed by atoms with E-state index in [-0.39, 0.29) is 6.10 Å². The lowest BCUT2D eigenvalue weighted by atomic mass is 9.89. The SMILES string of the molecule is C[C@@H](O)C1CCCCCCCCCCC1. The molecule has 0 amide bonds. The molecule has 1 nitrogen and oxygen atoms in total. The average molecular weight is 212 g/mol. The van der Waals surface area contributed by atoms with Gasteiger partial charge in [0.15, 0.2) is 0 Å². The molecule has 0 aromatic carbocycles. The van der Waals surface area contributed by atoms with Crippen LogP contribution in [0.5, 0.6) is 0 Å². The Hall–Kier alpha value is -0.0400. The van der Waals surface area contributed by atoms with Gasteiger partial charge in [-0.15, -0.1) is 0 Å². The van der Waals surface area contributed by atoms with Crippen LogP contribution >= 0.6 is 0 Å². The highest BCUT2D eigenvalue weighted by Crippen LogP contribution is 2.23. The Morgan fingerprint density at radius 1 is 0.733 bits per heavy atom. The Morgan fingerprint density at radius 2 is 1.07 bits per heavy atom. The summed E-state index contributed by atoms with van der Waals surface area (Å²) >= 11 is 0. The summed E-state index contributed by atoms with van der Waals surface area (Å²) in [4.78, 5) is 0. The molecule has 15 heavy (non-hydrogen) atoms. The van der Waals surface area contributed by atoms with Crippen LogP contribution in [-0.4, -0.2) is 11.2 Å². The Kier molecular flexibility index (Phi) is 7.08. The Morgan fingerprint density at radius 3 is 1.40 bits per heavy atom. The average Bonchev–Trinajstić information content (AvgIpc) is 2.18. The Labute approximate surface area is 95.3 Å². The summed E-state index contributed by atoms with van der Waals surface area (Å²) in [7, 11) is 0. The van der Waals surface area contributed by atoms with Crippen LogP contribution in [0.1, 0.15) is 77.6 Å². The van der Waals surface area contributed by atoms with Gasteiger partial charge < -0.3 is 5.11 Å². The molecule has 0 saturated heterocycles. The maximum atomic E-state index is 9.68. The fourth-order valence-electron chi connectivity index (χ4n) is 2.68. The summed E-state index contributed by atoms with van der Waals surface area (Å²) in [6.45, 7) is 1.97. The van der Waals surface area contributed by atoms with Crippen molar-refractivity contribution in [1.29, 1.82) is 0 Å². The van der Waals surface area contributed by atoms with Crippen molar-refractivity contribution in [2.75, 3.05) is 0 Å². The molecule has 0 radical (unpaired) electrons. The van der Waals surface area contributed by atoms with Gasteiger partial charge >= 0.3 is 0 Å². The van der Waals surface area contributed by atoms with Gasteiger partial charge in [-0.1, -0.05) is 57.8 Å². The van der Waals surface area contributed by atoms with Crippen LogP contribution in [0.2, 0.25) is 0 Å². The first-order valence-corrected chi connectivity index (χ1v) is 6.99. The highest BCUT2D eigenvalue weighted by atomic mass is 16.3. The van der Waals surface area contributed by atoms with Crippen LogP contribution in [0, 0.1) is 5.92 Å². The van der Waals surface area contributed by atoms with Gasteiger partial charge in [0.1, 0.15) is 0 Å². The normalized spacial score (nSPS) is 25.2. The minimum absolute atomic E-state index is 0.0899. The molecule has 0 unspecified atom stereocenters. The second-order valence-electron chi connectivity index (χ2n) is 5.26. The smallest absolute Gasteiger partial charge is 0.0540 e. The lowest BCUT2D eigenvalue weighted by Crippen LogP contribution is -2.16. The third kappa shape index (κ3) is 6.19. The summed E-state index contributed by atoms with van der Waals surface area (Å²) < 4.78 is 0. The predicted octanol–water partition coefficient (Wildman–Crippen LogP) is 4.29. The van der Waals surface area contributed by atoms with Gasteiger partial charge in [0, 0.05) is 0 Å². The van der Waals surface area contributed by atoms with Crippen molar-refractivity contribution >= 4 is 0 Å². The first kappa shape index (κ1) is 13.0. The van der Waals surface area contributed by atoms with E-state index in [0.29, 0.717) is 5.92 Å². The number of hydrogen-bond donors (Lipinski definition) is 1. The van der Waals surface area contributed by atoms with E-state index < -0.39 is 0 Å². The van der Waals surface area contributed by atoms with E-state index >= 15 is 0 Å². The third-order valence-corrected chi connectivity index (χ3v) is 3.83. The van der Waals surface area contributed by atoms with Crippen molar-refractivity contribution in [2.24, 2.45) is 5.92 Å². The fraction of sp³-hybridized carbons (Fsp3) is 1.00. The van der Waals surface area contributed by atoms with Crippen molar-refractivity contribution in [3.63, 3.8) is 0 Å². The molecule has 1 heteroatoms. The van der Waals surface area contributed by atoms with E-state index in [1.807, 2.05) is 6.92 Å². The van der Waals surface area contributed by atoms with E-state index in [1.54, 1.807) is 0 Å². The molecule has 1 saturated carbocycles. The van der Waals surface area contributed by atoms with Gasteiger partial charge in [-0.2, -0.15) is 0 Å². The maximum absolute atomic E-state index is 9.68. The van der Waals surface area contributed by atoms with E-state index in [4.69, 9.17) is 0 Å². The number of rotatable bonds is 1. The molecule has 1 fully saturated rings. The van der Waals surface area contributed by atoms with E-state index in [1.165, 1.54) is 70.6 Å². The van der Waals surface area contributed by atoms with E-state index in [9.17, 15) is 5.11 Å². The second-order valence-corrected chi connectivity index (χ2v) is 5.26. The van der Waals surface area contributed by atoms with Crippen LogP contribution in [0.15, 0.2) is 0 Å². The molecule has 1 N–H and O–H groups in total. The molecule has 0 heterocycles. The van der Waals surface area contributed by atoms with Crippen LogP contribution in [0.4, 0.5) is 0 Å². The molecule has 1 aliphatic rings. The number of aliphatic hydroxyl groups is 1. The first-order valence-electron chi connectivity index (χ1n) is 6.99. The highest BCUT2D eigenvalue weighted by Gasteiger charge is 2.14. The van der Waals surface area contributed by atoms with Crippen molar-refractivity contribution < 1.29 is 5.11 Å². The molecular weight excluding hydrogens is 184 g/mol. The topological polar surface area (TPSA) is 20.2 Å². The van der Waals surface area contributed by atoms with Crippen molar-refractivity contribution in [3.8, 4) is 0 Å². The number of hydrogen-bond acceptors (Lipinski definition) is 1. The molecule has 0 bridgehead atoms. The summed E-state index contributed by atoms with van der Waals surface area (Å²) in [5, 5.41) is 9.68. The zero-order valence-corrected chi connectivity index (χ0v) is 10.4. The molecule has 0 aromatic heterocycles. The van der Waals surface area contributed by atoms with Crippen molar-refractivity contribution in [2.45, 2.75) is 83.7 Å². The predicted molar refractivity (Wildman–Crippen MR) is 66.0 cm³/mol. The summed E-state index contributed by atoms with van der Waals surface area (Å²) in [5.74, 6) is 0.574. The molecule has 1 atom stereocenters. The molecule has 0 spiro atoms. The van der Waals surface area contributed by atoms with Gasteiger partial charge in [-0.05, 0) is 25.7 Å². The third-order valence-electron chi connectivity index (χ3n) is 3.83. The molecule has 1 aliphatic carbocycles. The highest BCUT2D eigenvalue weighted by molar-refractivity contribution is 4.66. The molecule has 1 rings (SSSR count). The summed E-state index contributed by atoms with van der Waals surface area (Å²) in [5.41, 5.74) is 0. The van der Waals surface area contributed by atoms with Crippen molar-refractivity contribution in [1.82, 2.24) is 0 Å². The van der Waals surface area contributed by atoms with Gasteiger partial charge in [0.25, 0.3) is 0 Å².